The Labute approximate surface area is 109 Å². The lowest BCUT2D eigenvalue weighted by molar-refractivity contribution is -0.141. The molecule has 1 fully saturated rings. The monoisotopic (exact) mass is 246 g/mol. The second-order valence-corrected chi connectivity index (χ2v) is 5.05. The molecule has 1 unspecified atom stereocenters. The lowest BCUT2D eigenvalue weighted by Gasteiger charge is -2.47. The summed E-state index contributed by atoms with van der Waals surface area (Å²) < 4.78 is 5.45. The molecule has 0 radical (unpaired) electrons. The van der Waals surface area contributed by atoms with Crippen LogP contribution in [0.3, 0.4) is 0 Å². The lowest BCUT2D eigenvalue weighted by Crippen LogP contribution is -2.47. The zero-order valence-corrected chi connectivity index (χ0v) is 11.5. The third-order valence-electron chi connectivity index (χ3n) is 4.47. The van der Waals surface area contributed by atoms with E-state index in [0.29, 0.717) is 24.7 Å². The highest BCUT2D eigenvalue weighted by molar-refractivity contribution is 5.93. The molecular formula is C16H22O2. The van der Waals surface area contributed by atoms with Crippen LogP contribution in [0.4, 0.5) is 0 Å². The Morgan fingerprint density at radius 2 is 1.78 bits per heavy atom. The first-order valence-electron chi connectivity index (χ1n) is 6.94. The largest absolute Gasteiger partial charge is 0.494 e. The van der Waals surface area contributed by atoms with E-state index in [1.807, 2.05) is 19.1 Å². The maximum Gasteiger partial charge on any atom is 0.140 e. The molecule has 2 nitrogen and oxygen atoms in total. The maximum absolute atomic E-state index is 11.9. The zero-order chi connectivity index (χ0) is 13.2. The molecule has 98 valence electrons. The van der Waals surface area contributed by atoms with Gasteiger partial charge in [-0.25, -0.2) is 0 Å². The molecule has 0 N–H and O–H groups in total. The van der Waals surface area contributed by atoms with Crippen LogP contribution < -0.4 is 4.74 Å². The van der Waals surface area contributed by atoms with Crippen LogP contribution in [0.25, 0.3) is 0 Å². The number of carbonyl (C=O) groups excluding carboxylic acids is 1. The number of hydrogen-bond donors (Lipinski definition) is 0. The van der Waals surface area contributed by atoms with E-state index < -0.39 is 0 Å². The van der Waals surface area contributed by atoms with E-state index in [1.54, 1.807) is 0 Å². The average molecular weight is 246 g/mol. The highest BCUT2D eigenvalue weighted by Crippen LogP contribution is 2.54. The number of hydrogen-bond acceptors (Lipinski definition) is 2. The van der Waals surface area contributed by atoms with Crippen molar-refractivity contribution in [2.75, 3.05) is 6.61 Å². The molecule has 0 bridgehead atoms. The number of carbonyl (C=O) groups is 1. The Balaban J connectivity index is 2.19. The summed E-state index contributed by atoms with van der Waals surface area (Å²) in [5.74, 6) is 1.74. The van der Waals surface area contributed by atoms with Gasteiger partial charge in [-0.3, -0.25) is 4.79 Å². The molecular weight excluding hydrogens is 224 g/mol. The summed E-state index contributed by atoms with van der Waals surface area (Å²) in [6.45, 7) is 6.93. The summed E-state index contributed by atoms with van der Waals surface area (Å²) in [4.78, 5) is 11.9. The van der Waals surface area contributed by atoms with Crippen LogP contribution in [-0.4, -0.2) is 12.4 Å². The Bertz CT molecular complexity index is 415. The number of ether oxygens (including phenoxy) is 1. The predicted molar refractivity (Wildman–Crippen MR) is 73.0 cm³/mol. The van der Waals surface area contributed by atoms with Crippen LogP contribution in [-0.2, 0) is 4.79 Å². The first-order valence-corrected chi connectivity index (χ1v) is 6.94. The van der Waals surface area contributed by atoms with Gasteiger partial charge in [0.15, 0.2) is 0 Å². The molecule has 1 atom stereocenters. The summed E-state index contributed by atoms with van der Waals surface area (Å²) in [6, 6.07) is 8.25. The minimum absolute atomic E-state index is 0.104. The van der Waals surface area contributed by atoms with Gasteiger partial charge in [0.2, 0.25) is 0 Å². The van der Waals surface area contributed by atoms with Crippen LogP contribution in [0.1, 0.15) is 51.5 Å². The predicted octanol–water partition coefficient (Wildman–Crippen LogP) is 3.95. The van der Waals surface area contributed by atoms with E-state index in [9.17, 15) is 4.79 Å². The molecule has 1 aromatic rings. The van der Waals surface area contributed by atoms with Crippen LogP contribution in [0.5, 0.6) is 5.75 Å². The van der Waals surface area contributed by atoms with Gasteiger partial charge < -0.3 is 4.74 Å². The number of rotatable bonds is 5. The van der Waals surface area contributed by atoms with Gasteiger partial charge in [0.1, 0.15) is 11.5 Å². The van der Waals surface area contributed by atoms with Crippen molar-refractivity contribution < 1.29 is 9.53 Å². The second kappa shape index (κ2) is 5.13. The molecule has 0 aromatic heterocycles. The SMILES string of the molecule is CCOc1ccc(C2CC(=O)C2(CC)CC)cc1. The minimum Gasteiger partial charge on any atom is -0.494 e. The lowest BCUT2D eigenvalue weighted by atomic mass is 9.54. The topological polar surface area (TPSA) is 26.3 Å². The van der Waals surface area contributed by atoms with Gasteiger partial charge in [-0.1, -0.05) is 26.0 Å². The first-order chi connectivity index (χ1) is 8.67. The fourth-order valence-electron chi connectivity index (χ4n) is 3.18. The summed E-state index contributed by atoms with van der Waals surface area (Å²) >= 11 is 0. The first kappa shape index (κ1) is 13.1. The molecule has 1 saturated carbocycles. The van der Waals surface area contributed by atoms with Gasteiger partial charge in [-0.05, 0) is 37.5 Å². The molecule has 18 heavy (non-hydrogen) atoms. The van der Waals surface area contributed by atoms with Gasteiger partial charge in [0, 0.05) is 17.8 Å². The van der Waals surface area contributed by atoms with Crippen LogP contribution in [0.2, 0.25) is 0 Å². The van der Waals surface area contributed by atoms with E-state index in [1.165, 1.54) is 5.56 Å². The van der Waals surface area contributed by atoms with Crippen molar-refractivity contribution in [3.8, 4) is 5.75 Å². The van der Waals surface area contributed by atoms with E-state index in [4.69, 9.17) is 4.74 Å². The molecule has 0 heterocycles. The second-order valence-electron chi connectivity index (χ2n) is 5.05. The van der Waals surface area contributed by atoms with Crippen molar-refractivity contribution in [2.24, 2.45) is 5.41 Å². The fraction of sp³-hybridized carbons (Fsp3) is 0.562. The van der Waals surface area contributed by atoms with Gasteiger partial charge in [-0.15, -0.1) is 0 Å². The van der Waals surface area contributed by atoms with Crippen molar-refractivity contribution in [3.05, 3.63) is 29.8 Å². The molecule has 1 aliphatic carbocycles. The van der Waals surface area contributed by atoms with Gasteiger partial charge in [0.25, 0.3) is 0 Å². The Morgan fingerprint density at radius 1 is 1.17 bits per heavy atom. The smallest absolute Gasteiger partial charge is 0.140 e. The highest BCUT2D eigenvalue weighted by atomic mass is 16.5. The van der Waals surface area contributed by atoms with Crippen molar-refractivity contribution >= 4 is 5.78 Å². The third kappa shape index (κ3) is 1.94. The minimum atomic E-state index is -0.104. The number of Topliss-reactive ketones (excluding diaryl/α,β-unsaturated/α-hetero) is 1. The van der Waals surface area contributed by atoms with Crippen molar-refractivity contribution in [1.82, 2.24) is 0 Å². The van der Waals surface area contributed by atoms with Crippen LogP contribution in [0.15, 0.2) is 24.3 Å². The summed E-state index contributed by atoms with van der Waals surface area (Å²) in [5.41, 5.74) is 1.18. The molecule has 0 amide bonds. The maximum atomic E-state index is 11.9. The van der Waals surface area contributed by atoms with Gasteiger partial charge in [0.05, 0.1) is 6.61 Å². The van der Waals surface area contributed by atoms with Crippen molar-refractivity contribution in [3.63, 3.8) is 0 Å². The molecule has 0 spiro atoms. The fourth-order valence-corrected chi connectivity index (χ4v) is 3.18. The molecule has 1 aliphatic rings. The molecule has 1 aromatic carbocycles. The third-order valence-corrected chi connectivity index (χ3v) is 4.47. The molecule has 0 aliphatic heterocycles. The van der Waals surface area contributed by atoms with Crippen LogP contribution in [0, 0.1) is 5.41 Å². The standard InChI is InChI=1S/C16H22O2/c1-4-16(5-2)14(11-15(16)17)12-7-9-13(10-8-12)18-6-3/h7-10,14H,4-6,11H2,1-3H3. The van der Waals surface area contributed by atoms with E-state index in [0.717, 1.165) is 18.6 Å². The van der Waals surface area contributed by atoms with E-state index >= 15 is 0 Å². The van der Waals surface area contributed by atoms with E-state index in [-0.39, 0.29) is 5.41 Å². The Kier molecular flexibility index (Phi) is 3.74. The Morgan fingerprint density at radius 3 is 2.22 bits per heavy atom. The van der Waals surface area contributed by atoms with Crippen molar-refractivity contribution in [1.29, 1.82) is 0 Å². The van der Waals surface area contributed by atoms with Crippen LogP contribution >= 0.6 is 0 Å². The quantitative estimate of drug-likeness (QED) is 0.786. The van der Waals surface area contributed by atoms with E-state index in [2.05, 4.69) is 26.0 Å². The molecule has 2 heteroatoms. The van der Waals surface area contributed by atoms with Gasteiger partial charge in [-0.2, -0.15) is 0 Å². The zero-order valence-electron chi connectivity index (χ0n) is 11.5. The average Bonchev–Trinajstić information content (AvgIpc) is 2.39. The normalized spacial score (nSPS) is 21.5. The van der Waals surface area contributed by atoms with Gasteiger partial charge >= 0.3 is 0 Å². The summed E-state index contributed by atoms with van der Waals surface area (Å²) in [7, 11) is 0. The summed E-state index contributed by atoms with van der Waals surface area (Å²) in [5, 5.41) is 0. The number of benzene rings is 1. The molecule has 2 rings (SSSR count). The Hall–Kier alpha value is -1.31. The highest BCUT2D eigenvalue weighted by Gasteiger charge is 2.52. The molecule has 0 saturated heterocycles. The summed E-state index contributed by atoms with van der Waals surface area (Å²) in [6.07, 6.45) is 2.59. The number of ketones is 1. The van der Waals surface area contributed by atoms with Crippen molar-refractivity contribution in [2.45, 2.75) is 46.0 Å².